The zero-order valence-corrected chi connectivity index (χ0v) is 15.3. The highest BCUT2D eigenvalue weighted by atomic mass is 16.5. The number of rotatable bonds is 4. The Balaban J connectivity index is 1.32. The molecule has 0 amide bonds. The smallest absolute Gasteiger partial charge is 0.176 e. The van der Waals surface area contributed by atoms with Crippen LogP contribution in [-0.4, -0.2) is 18.0 Å². The molecular weight excluding hydrogens is 312 g/mol. The number of carbonyl (C=O) groups is 1. The van der Waals surface area contributed by atoms with Crippen LogP contribution in [0.4, 0.5) is 0 Å². The van der Waals surface area contributed by atoms with Crippen LogP contribution < -0.4 is 9.47 Å². The van der Waals surface area contributed by atoms with Gasteiger partial charge in [-0.3, -0.25) is 4.79 Å². The minimum Gasteiger partial charge on any atom is -0.483 e. The zero-order chi connectivity index (χ0) is 17.2. The summed E-state index contributed by atoms with van der Waals surface area (Å²) in [5.41, 5.74) is 0.920. The summed E-state index contributed by atoms with van der Waals surface area (Å²) in [6.07, 6.45) is 8.31. The van der Waals surface area contributed by atoms with Crippen LogP contribution >= 0.6 is 0 Å². The molecule has 3 nitrogen and oxygen atoms in total. The Bertz CT molecular complexity index is 683. The first-order valence-corrected chi connectivity index (χ1v) is 9.89. The number of para-hydroxylation sites is 1. The maximum atomic E-state index is 13.1. The molecule has 1 aromatic carbocycles. The second kappa shape index (κ2) is 5.25. The van der Waals surface area contributed by atoms with Crippen LogP contribution in [0.25, 0.3) is 0 Å². The van der Waals surface area contributed by atoms with E-state index in [1.54, 1.807) is 0 Å². The lowest BCUT2D eigenvalue weighted by Crippen LogP contribution is -2.51. The number of Topliss-reactive ketones (excluding diaryl/α,β-unsaturated/α-hetero) is 1. The Labute approximate surface area is 150 Å². The molecule has 3 heteroatoms. The summed E-state index contributed by atoms with van der Waals surface area (Å²) in [5, 5.41) is 0. The fourth-order valence-corrected chi connectivity index (χ4v) is 6.45. The third-order valence-electron chi connectivity index (χ3n) is 7.04. The van der Waals surface area contributed by atoms with E-state index < -0.39 is 0 Å². The van der Waals surface area contributed by atoms with E-state index >= 15 is 0 Å². The molecule has 134 valence electrons. The van der Waals surface area contributed by atoms with Crippen LogP contribution in [0.2, 0.25) is 0 Å². The van der Waals surface area contributed by atoms with Gasteiger partial charge in [-0.15, -0.1) is 0 Å². The Morgan fingerprint density at radius 3 is 2.40 bits per heavy atom. The van der Waals surface area contributed by atoms with Crippen LogP contribution in [0.1, 0.15) is 57.9 Å². The predicted octanol–water partition coefficient (Wildman–Crippen LogP) is 4.56. The number of benzene rings is 1. The number of ether oxygens (including phenoxy) is 2. The van der Waals surface area contributed by atoms with E-state index in [0.717, 1.165) is 54.9 Å². The number of fused-ring (bicyclic) bond motifs is 1. The second-order valence-electron chi connectivity index (χ2n) is 9.69. The first kappa shape index (κ1) is 15.7. The van der Waals surface area contributed by atoms with Crippen LogP contribution in [0.15, 0.2) is 18.2 Å². The van der Waals surface area contributed by atoms with E-state index in [4.69, 9.17) is 9.47 Å². The molecule has 25 heavy (non-hydrogen) atoms. The van der Waals surface area contributed by atoms with E-state index in [0.29, 0.717) is 5.78 Å². The van der Waals surface area contributed by atoms with Gasteiger partial charge in [-0.05, 0) is 76.2 Å². The van der Waals surface area contributed by atoms with Gasteiger partial charge in [-0.1, -0.05) is 12.1 Å². The van der Waals surface area contributed by atoms with Crippen molar-refractivity contribution < 1.29 is 14.3 Å². The Kier molecular flexibility index (Phi) is 3.30. The second-order valence-corrected chi connectivity index (χ2v) is 9.69. The minimum absolute atomic E-state index is 0.0766. The van der Waals surface area contributed by atoms with Crippen molar-refractivity contribution in [1.82, 2.24) is 0 Å². The van der Waals surface area contributed by atoms with Gasteiger partial charge in [0.05, 0.1) is 0 Å². The molecule has 5 aliphatic rings. The summed E-state index contributed by atoms with van der Waals surface area (Å²) < 4.78 is 12.1. The first-order valence-electron chi connectivity index (χ1n) is 9.89. The maximum Gasteiger partial charge on any atom is 0.176 e. The van der Waals surface area contributed by atoms with E-state index in [1.165, 1.54) is 24.8 Å². The van der Waals surface area contributed by atoms with E-state index in [-0.39, 0.29) is 17.6 Å². The van der Waals surface area contributed by atoms with Crippen molar-refractivity contribution in [2.45, 2.75) is 64.4 Å². The third kappa shape index (κ3) is 2.58. The monoisotopic (exact) mass is 340 g/mol. The van der Waals surface area contributed by atoms with Crippen LogP contribution in [0.5, 0.6) is 11.5 Å². The highest BCUT2D eigenvalue weighted by Gasteiger charge is 2.54. The molecule has 4 fully saturated rings. The Morgan fingerprint density at radius 2 is 1.76 bits per heavy atom. The molecule has 1 aliphatic heterocycles. The van der Waals surface area contributed by atoms with Gasteiger partial charge in [0.25, 0.3) is 0 Å². The molecule has 0 spiro atoms. The van der Waals surface area contributed by atoms with Gasteiger partial charge in [-0.2, -0.15) is 0 Å². The summed E-state index contributed by atoms with van der Waals surface area (Å²) in [6, 6.07) is 6.04. The molecule has 4 aliphatic carbocycles. The van der Waals surface area contributed by atoms with Crippen molar-refractivity contribution in [2.75, 3.05) is 6.61 Å². The average molecular weight is 340 g/mol. The van der Waals surface area contributed by atoms with Crippen LogP contribution in [-0.2, 0) is 11.2 Å². The third-order valence-corrected chi connectivity index (χ3v) is 7.04. The van der Waals surface area contributed by atoms with E-state index in [1.807, 2.05) is 12.1 Å². The fourth-order valence-electron chi connectivity index (χ4n) is 6.45. The standard InChI is InChI=1S/C22H28O3/c1-21(2)12-17-4-3-5-18(20(17)25-21)24-13-19(23)22-9-14-6-15(10-22)8-16(7-14)11-22/h3-5,14-16H,6-13H2,1-2H3. The largest absolute Gasteiger partial charge is 0.483 e. The molecule has 1 heterocycles. The molecular formula is C22H28O3. The summed E-state index contributed by atoms with van der Waals surface area (Å²) in [4.78, 5) is 13.1. The van der Waals surface area contributed by atoms with Gasteiger partial charge in [0.1, 0.15) is 12.2 Å². The number of ketones is 1. The lowest BCUT2D eigenvalue weighted by Gasteiger charge is -2.55. The van der Waals surface area contributed by atoms with Gasteiger partial charge in [-0.25, -0.2) is 0 Å². The van der Waals surface area contributed by atoms with Crippen molar-refractivity contribution in [3.63, 3.8) is 0 Å². The minimum atomic E-state index is -0.189. The molecule has 6 rings (SSSR count). The van der Waals surface area contributed by atoms with E-state index in [2.05, 4.69) is 19.9 Å². The van der Waals surface area contributed by atoms with Crippen molar-refractivity contribution in [2.24, 2.45) is 23.2 Å². The van der Waals surface area contributed by atoms with Gasteiger partial charge in [0.15, 0.2) is 17.3 Å². The summed E-state index contributed by atoms with van der Waals surface area (Å²) in [5.74, 6) is 4.29. The van der Waals surface area contributed by atoms with Gasteiger partial charge < -0.3 is 9.47 Å². The van der Waals surface area contributed by atoms with Crippen molar-refractivity contribution >= 4 is 5.78 Å². The number of hydrogen-bond donors (Lipinski definition) is 0. The molecule has 0 atom stereocenters. The van der Waals surface area contributed by atoms with E-state index in [9.17, 15) is 4.79 Å². The highest BCUT2D eigenvalue weighted by Crippen LogP contribution is 2.60. The summed E-state index contributed by atoms with van der Waals surface area (Å²) >= 11 is 0. The average Bonchev–Trinajstić information content (AvgIpc) is 2.85. The van der Waals surface area contributed by atoms with Crippen LogP contribution in [0, 0.1) is 23.2 Å². The molecule has 0 N–H and O–H groups in total. The lowest BCUT2D eigenvalue weighted by atomic mass is 9.48. The molecule has 1 aromatic rings. The van der Waals surface area contributed by atoms with Crippen molar-refractivity contribution in [3.8, 4) is 11.5 Å². The number of carbonyl (C=O) groups excluding carboxylic acids is 1. The maximum absolute atomic E-state index is 13.1. The summed E-state index contributed by atoms with van der Waals surface area (Å²) in [7, 11) is 0. The first-order chi connectivity index (χ1) is 11.9. The zero-order valence-electron chi connectivity index (χ0n) is 15.3. The Hall–Kier alpha value is -1.51. The Morgan fingerprint density at radius 1 is 1.12 bits per heavy atom. The highest BCUT2D eigenvalue weighted by molar-refractivity contribution is 5.86. The topological polar surface area (TPSA) is 35.5 Å². The van der Waals surface area contributed by atoms with Crippen molar-refractivity contribution in [3.05, 3.63) is 23.8 Å². The molecule has 0 saturated heterocycles. The number of hydrogen-bond acceptors (Lipinski definition) is 3. The lowest BCUT2D eigenvalue weighted by molar-refractivity contribution is -0.146. The molecule has 4 bridgehead atoms. The normalized spacial score (nSPS) is 36.8. The predicted molar refractivity (Wildman–Crippen MR) is 96.0 cm³/mol. The molecule has 0 radical (unpaired) electrons. The van der Waals surface area contributed by atoms with Crippen molar-refractivity contribution in [1.29, 1.82) is 0 Å². The quantitative estimate of drug-likeness (QED) is 0.806. The van der Waals surface area contributed by atoms with Gasteiger partial charge >= 0.3 is 0 Å². The van der Waals surface area contributed by atoms with Gasteiger partial charge in [0.2, 0.25) is 0 Å². The fraction of sp³-hybridized carbons (Fsp3) is 0.682. The van der Waals surface area contributed by atoms with Gasteiger partial charge in [0, 0.05) is 17.4 Å². The molecule has 4 saturated carbocycles. The van der Waals surface area contributed by atoms with Crippen LogP contribution in [0.3, 0.4) is 0 Å². The molecule has 0 aromatic heterocycles. The summed E-state index contributed by atoms with van der Waals surface area (Å²) in [6.45, 7) is 4.39. The SMILES string of the molecule is CC1(C)Cc2cccc(OCC(=O)C34CC5CC(CC(C5)C3)C4)c2O1. The molecule has 0 unspecified atom stereocenters.